The zero-order chi connectivity index (χ0) is 12.9. The van der Waals surface area contributed by atoms with Crippen molar-refractivity contribution in [3.8, 4) is 0 Å². The zero-order valence-corrected chi connectivity index (χ0v) is 10.8. The fourth-order valence-corrected chi connectivity index (χ4v) is 1.72. The summed E-state index contributed by atoms with van der Waals surface area (Å²) in [6, 6.07) is -0.273. The van der Waals surface area contributed by atoms with Crippen molar-refractivity contribution in [2.24, 2.45) is 0 Å². The van der Waals surface area contributed by atoms with Crippen molar-refractivity contribution in [1.29, 1.82) is 0 Å². The SMILES string of the molecule is CC(C)(C)OC(=O)CNC1CCCCNC1=O. The summed E-state index contributed by atoms with van der Waals surface area (Å²) in [6.07, 6.45) is 2.76. The number of hydrogen-bond acceptors (Lipinski definition) is 4. The Bertz CT molecular complexity index is 284. The second-order valence-corrected chi connectivity index (χ2v) is 5.31. The van der Waals surface area contributed by atoms with E-state index in [9.17, 15) is 9.59 Å². The van der Waals surface area contributed by atoms with Gasteiger partial charge < -0.3 is 10.1 Å². The van der Waals surface area contributed by atoms with Crippen molar-refractivity contribution in [2.75, 3.05) is 13.1 Å². The van der Waals surface area contributed by atoms with Gasteiger partial charge in [-0.2, -0.15) is 0 Å². The van der Waals surface area contributed by atoms with Crippen LogP contribution in [0.4, 0.5) is 0 Å². The van der Waals surface area contributed by atoms with E-state index in [0.717, 1.165) is 25.8 Å². The van der Waals surface area contributed by atoms with E-state index >= 15 is 0 Å². The van der Waals surface area contributed by atoms with Gasteiger partial charge in [-0.1, -0.05) is 0 Å². The second-order valence-electron chi connectivity index (χ2n) is 5.31. The first-order valence-corrected chi connectivity index (χ1v) is 6.11. The lowest BCUT2D eigenvalue weighted by molar-refractivity contribution is -0.153. The molecule has 17 heavy (non-hydrogen) atoms. The number of hydrogen-bond donors (Lipinski definition) is 2. The van der Waals surface area contributed by atoms with Crippen molar-refractivity contribution in [1.82, 2.24) is 10.6 Å². The van der Waals surface area contributed by atoms with Crippen LogP contribution >= 0.6 is 0 Å². The Morgan fingerprint density at radius 2 is 2.18 bits per heavy atom. The number of amides is 1. The van der Waals surface area contributed by atoms with Crippen LogP contribution in [0.3, 0.4) is 0 Å². The number of esters is 1. The minimum atomic E-state index is -0.482. The largest absolute Gasteiger partial charge is 0.459 e. The minimum absolute atomic E-state index is 0.0222. The van der Waals surface area contributed by atoms with Gasteiger partial charge in [-0.3, -0.25) is 14.9 Å². The molecule has 0 aromatic heterocycles. The van der Waals surface area contributed by atoms with E-state index in [1.807, 2.05) is 20.8 Å². The van der Waals surface area contributed by atoms with Crippen LogP contribution in [0.25, 0.3) is 0 Å². The molecule has 1 amide bonds. The molecule has 1 saturated heterocycles. The van der Waals surface area contributed by atoms with Crippen molar-refractivity contribution < 1.29 is 14.3 Å². The van der Waals surface area contributed by atoms with Gasteiger partial charge in [0.15, 0.2) is 0 Å². The van der Waals surface area contributed by atoms with Crippen LogP contribution in [0.2, 0.25) is 0 Å². The summed E-state index contributed by atoms with van der Waals surface area (Å²) >= 11 is 0. The summed E-state index contributed by atoms with van der Waals surface area (Å²) in [5, 5.41) is 5.76. The lowest BCUT2D eigenvalue weighted by atomic mass is 10.1. The summed E-state index contributed by atoms with van der Waals surface area (Å²) in [7, 11) is 0. The van der Waals surface area contributed by atoms with Gasteiger partial charge in [0.05, 0.1) is 12.6 Å². The lowest BCUT2D eigenvalue weighted by Crippen LogP contribution is -2.45. The van der Waals surface area contributed by atoms with Crippen LogP contribution in [-0.4, -0.2) is 36.6 Å². The van der Waals surface area contributed by atoms with Gasteiger partial charge in [0, 0.05) is 6.54 Å². The smallest absolute Gasteiger partial charge is 0.320 e. The Kier molecular flexibility index (Phi) is 4.93. The third kappa shape index (κ3) is 5.68. The first-order valence-electron chi connectivity index (χ1n) is 6.11. The molecule has 0 radical (unpaired) electrons. The van der Waals surface area contributed by atoms with Crippen LogP contribution in [0.5, 0.6) is 0 Å². The standard InChI is InChI=1S/C12H22N2O3/c1-12(2,3)17-10(15)8-14-9-6-4-5-7-13-11(9)16/h9,14H,4-8H2,1-3H3,(H,13,16). The average molecular weight is 242 g/mol. The van der Waals surface area contributed by atoms with Crippen molar-refractivity contribution in [3.63, 3.8) is 0 Å². The van der Waals surface area contributed by atoms with E-state index < -0.39 is 5.60 Å². The highest BCUT2D eigenvalue weighted by molar-refractivity contribution is 5.82. The summed E-state index contributed by atoms with van der Waals surface area (Å²) in [5.41, 5.74) is -0.482. The molecule has 1 rings (SSSR count). The van der Waals surface area contributed by atoms with Crippen LogP contribution in [0, 0.1) is 0 Å². The van der Waals surface area contributed by atoms with E-state index in [4.69, 9.17) is 4.74 Å². The maximum absolute atomic E-state index is 11.6. The van der Waals surface area contributed by atoms with Gasteiger partial charge in [0.2, 0.25) is 5.91 Å². The van der Waals surface area contributed by atoms with E-state index in [1.54, 1.807) is 0 Å². The number of nitrogens with one attached hydrogen (secondary N) is 2. The van der Waals surface area contributed by atoms with Gasteiger partial charge in [-0.15, -0.1) is 0 Å². The highest BCUT2D eigenvalue weighted by atomic mass is 16.6. The Hall–Kier alpha value is -1.10. The molecule has 1 aliphatic heterocycles. The average Bonchev–Trinajstić information content (AvgIpc) is 2.37. The predicted octanol–water partition coefficient (Wildman–Crippen LogP) is 0.586. The van der Waals surface area contributed by atoms with Crippen molar-refractivity contribution in [2.45, 2.75) is 51.7 Å². The summed E-state index contributed by atoms with van der Waals surface area (Å²) in [4.78, 5) is 23.1. The van der Waals surface area contributed by atoms with Gasteiger partial charge in [-0.25, -0.2) is 0 Å². The molecule has 5 heteroatoms. The van der Waals surface area contributed by atoms with E-state index in [1.165, 1.54) is 0 Å². The van der Waals surface area contributed by atoms with Crippen LogP contribution in [-0.2, 0) is 14.3 Å². The number of ether oxygens (including phenoxy) is 1. The van der Waals surface area contributed by atoms with Crippen molar-refractivity contribution in [3.05, 3.63) is 0 Å². The molecule has 5 nitrogen and oxygen atoms in total. The van der Waals surface area contributed by atoms with E-state index in [0.29, 0.717) is 0 Å². The summed E-state index contributed by atoms with van der Waals surface area (Å²) in [6.45, 7) is 6.27. The Balaban J connectivity index is 2.33. The molecule has 1 unspecified atom stereocenters. The Labute approximate surface area is 102 Å². The fourth-order valence-electron chi connectivity index (χ4n) is 1.72. The predicted molar refractivity (Wildman–Crippen MR) is 64.5 cm³/mol. The van der Waals surface area contributed by atoms with E-state index in [2.05, 4.69) is 10.6 Å². The molecule has 0 bridgehead atoms. The molecular weight excluding hydrogens is 220 g/mol. The van der Waals surface area contributed by atoms with Crippen LogP contribution in [0.1, 0.15) is 40.0 Å². The molecular formula is C12H22N2O3. The fraction of sp³-hybridized carbons (Fsp3) is 0.833. The third-order valence-corrected chi connectivity index (χ3v) is 2.45. The molecule has 1 heterocycles. The molecule has 1 fully saturated rings. The number of rotatable bonds is 3. The number of carbonyl (C=O) groups is 2. The summed E-state index contributed by atoms with van der Waals surface area (Å²) < 4.78 is 5.16. The quantitative estimate of drug-likeness (QED) is 0.711. The Morgan fingerprint density at radius 1 is 1.47 bits per heavy atom. The van der Waals surface area contributed by atoms with Gasteiger partial charge in [0.1, 0.15) is 5.60 Å². The first kappa shape index (κ1) is 14.0. The van der Waals surface area contributed by atoms with Gasteiger partial charge in [-0.05, 0) is 40.0 Å². The molecule has 98 valence electrons. The normalized spacial score (nSPS) is 21.6. The summed E-state index contributed by atoms with van der Waals surface area (Å²) in [5.74, 6) is -0.347. The molecule has 1 aliphatic rings. The molecule has 0 aromatic carbocycles. The lowest BCUT2D eigenvalue weighted by Gasteiger charge is -2.21. The maximum atomic E-state index is 11.6. The van der Waals surface area contributed by atoms with Crippen LogP contribution in [0.15, 0.2) is 0 Å². The monoisotopic (exact) mass is 242 g/mol. The molecule has 1 atom stereocenters. The highest BCUT2D eigenvalue weighted by Crippen LogP contribution is 2.08. The molecule has 0 aliphatic carbocycles. The third-order valence-electron chi connectivity index (χ3n) is 2.45. The molecule has 0 spiro atoms. The van der Waals surface area contributed by atoms with Crippen molar-refractivity contribution >= 4 is 11.9 Å². The molecule has 0 saturated carbocycles. The topological polar surface area (TPSA) is 67.4 Å². The molecule has 0 aromatic rings. The number of carbonyl (C=O) groups excluding carboxylic acids is 2. The second kappa shape index (κ2) is 6.00. The van der Waals surface area contributed by atoms with E-state index in [-0.39, 0.29) is 24.5 Å². The molecule has 2 N–H and O–H groups in total. The van der Waals surface area contributed by atoms with Gasteiger partial charge in [0.25, 0.3) is 0 Å². The highest BCUT2D eigenvalue weighted by Gasteiger charge is 2.22. The first-order chi connectivity index (χ1) is 7.88. The van der Waals surface area contributed by atoms with Crippen LogP contribution < -0.4 is 10.6 Å². The maximum Gasteiger partial charge on any atom is 0.320 e. The minimum Gasteiger partial charge on any atom is -0.459 e. The zero-order valence-electron chi connectivity index (χ0n) is 10.8. The van der Waals surface area contributed by atoms with Gasteiger partial charge >= 0.3 is 5.97 Å². The Morgan fingerprint density at radius 3 is 2.82 bits per heavy atom.